The highest BCUT2D eigenvalue weighted by molar-refractivity contribution is 7.95. The zero-order valence-corrected chi connectivity index (χ0v) is 23.0. The van der Waals surface area contributed by atoms with Gasteiger partial charge in [0.05, 0.1) is 6.16 Å². The Balaban J connectivity index is 1.58. The number of fused-ring (bicyclic) bond motifs is 1. The number of phenolic OH excluding ortho intramolecular Hbond substituents is 1. The first kappa shape index (κ1) is 24.8. The first-order valence-corrected chi connectivity index (χ1v) is 15.2. The van der Waals surface area contributed by atoms with Gasteiger partial charge in [-0.1, -0.05) is 61.5 Å². The monoisotopic (exact) mass is 493 g/mol. The van der Waals surface area contributed by atoms with Crippen molar-refractivity contribution in [3.05, 3.63) is 119 Å². The van der Waals surface area contributed by atoms with Gasteiger partial charge in [0.2, 0.25) is 0 Å². The van der Waals surface area contributed by atoms with Crippen molar-refractivity contribution in [2.24, 2.45) is 5.41 Å². The van der Waals surface area contributed by atoms with E-state index in [0.717, 1.165) is 30.1 Å². The van der Waals surface area contributed by atoms with Gasteiger partial charge in [0.15, 0.2) is 0 Å². The molecule has 4 aromatic rings. The molecule has 0 radical (unpaired) electrons. The molecule has 0 fully saturated rings. The Bertz CT molecular complexity index is 1250. The standard InChI is InChI=1S/C34H37OP/c1-25-26(2)33(35)27(3)31-20-21-34(4,24-32(25)31)22-23-36(28-14-8-5-9-15-28,29-16-10-6-11-17-29)30-18-12-7-13-19-30/h5-19H,20-24H2,1-4H3/p+1. The van der Waals surface area contributed by atoms with E-state index in [1.807, 2.05) is 0 Å². The van der Waals surface area contributed by atoms with Crippen LogP contribution in [0, 0.1) is 26.2 Å². The van der Waals surface area contributed by atoms with Crippen LogP contribution in [0.15, 0.2) is 91.0 Å². The highest BCUT2D eigenvalue weighted by Gasteiger charge is 2.47. The molecule has 4 aromatic carbocycles. The van der Waals surface area contributed by atoms with Gasteiger partial charge in [-0.2, -0.15) is 0 Å². The first-order valence-electron chi connectivity index (χ1n) is 13.2. The minimum Gasteiger partial charge on any atom is -0.507 e. The first-order chi connectivity index (χ1) is 17.4. The van der Waals surface area contributed by atoms with E-state index >= 15 is 0 Å². The third-order valence-corrected chi connectivity index (χ3v) is 13.2. The summed E-state index contributed by atoms with van der Waals surface area (Å²) < 4.78 is 0. The van der Waals surface area contributed by atoms with E-state index in [9.17, 15) is 5.11 Å². The van der Waals surface area contributed by atoms with Crippen molar-refractivity contribution in [2.75, 3.05) is 6.16 Å². The van der Waals surface area contributed by atoms with Gasteiger partial charge in [-0.25, -0.2) is 0 Å². The van der Waals surface area contributed by atoms with Gasteiger partial charge >= 0.3 is 0 Å². The van der Waals surface area contributed by atoms with E-state index in [1.54, 1.807) is 0 Å². The molecule has 0 bridgehead atoms. The molecule has 2 heteroatoms. The van der Waals surface area contributed by atoms with E-state index in [4.69, 9.17) is 0 Å². The van der Waals surface area contributed by atoms with Gasteiger partial charge < -0.3 is 5.11 Å². The van der Waals surface area contributed by atoms with Crippen LogP contribution in [0.5, 0.6) is 5.75 Å². The zero-order chi connectivity index (χ0) is 25.3. The molecule has 1 unspecified atom stereocenters. The van der Waals surface area contributed by atoms with Crippen molar-refractivity contribution in [3.8, 4) is 5.75 Å². The van der Waals surface area contributed by atoms with E-state index in [-0.39, 0.29) is 5.41 Å². The highest BCUT2D eigenvalue weighted by atomic mass is 31.2. The number of hydrogen-bond donors (Lipinski definition) is 1. The number of benzene rings is 4. The minimum atomic E-state index is -1.83. The fourth-order valence-corrected chi connectivity index (χ4v) is 10.9. The van der Waals surface area contributed by atoms with Gasteiger partial charge in [-0.15, -0.1) is 0 Å². The second-order valence-corrected chi connectivity index (χ2v) is 14.6. The number of phenols is 1. The van der Waals surface area contributed by atoms with E-state index in [1.165, 1.54) is 45.4 Å². The lowest BCUT2D eigenvalue weighted by Crippen LogP contribution is -2.36. The van der Waals surface area contributed by atoms with Crippen molar-refractivity contribution >= 4 is 23.2 Å². The SMILES string of the molecule is Cc1c(C)c2c(c(C)c1O)CCC(C)(CC[P+](c1ccccc1)(c1ccccc1)c1ccccc1)C2. The second kappa shape index (κ2) is 9.87. The molecule has 36 heavy (non-hydrogen) atoms. The van der Waals surface area contributed by atoms with Gasteiger partial charge in [0, 0.05) is 0 Å². The van der Waals surface area contributed by atoms with Crippen LogP contribution in [0.1, 0.15) is 47.6 Å². The topological polar surface area (TPSA) is 20.2 Å². The van der Waals surface area contributed by atoms with Crippen molar-refractivity contribution in [1.29, 1.82) is 0 Å². The molecule has 1 nitrogen and oxygen atoms in total. The predicted molar refractivity (Wildman–Crippen MR) is 157 cm³/mol. The maximum absolute atomic E-state index is 10.7. The Morgan fingerprint density at radius 1 is 0.667 bits per heavy atom. The second-order valence-electron chi connectivity index (χ2n) is 11.0. The normalized spacial score (nSPS) is 17.6. The summed E-state index contributed by atoms with van der Waals surface area (Å²) in [6.07, 6.45) is 5.65. The van der Waals surface area contributed by atoms with Crippen LogP contribution in [0.25, 0.3) is 0 Å². The van der Waals surface area contributed by atoms with Crippen LogP contribution in [0.2, 0.25) is 0 Å². The van der Waals surface area contributed by atoms with Gasteiger partial charge in [-0.3, -0.25) is 0 Å². The van der Waals surface area contributed by atoms with E-state index < -0.39 is 7.26 Å². The molecule has 0 aromatic heterocycles. The third-order valence-electron chi connectivity index (χ3n) is 8.77. The quantitative estimate of drug-likeness (QED) is 0.282. The fraction of sp³-hybridized carbons (Fsp3) is 0.294. The number of aromatic hydroxyl groups is 1. The smallest absolute Gasteiger partial charge is 0.121 e. The largest absolute Gasteiger partial charge is 0.507 e. The molecule has 0 saturated heterocycles. The van der Waals surface area contributed by atoms with E-state index in [0.29, 0.717) is 5.75 Å². The maximum Gasteiger partial charge on any atom is 0.121 e. The number of rotatable bonds is 6. The molecule has 0 heterocycles. The van der Waals surface area contributed by atoms with Crippen molar-refractivity contribution in [2.45, 2.75) is 53.4 Å². The molecule has 1 atom stereocenters. The molecule has 0 amide bonds. The highest BCUT2D eigenvalue weighted by Crippen LogP contribution is 2.58. The molecule has 5 rings (SSSR count). The van der Waals surface area contributed by atoms with Crippen LogP contribution in [-0.2, 0) is 12.8 Å². The fourth-order valence-electron chi connectivity index (χ4n) is 6.33. The summed E-state index contributed by atoms with van der Waals surface area (Å²) in [5.74, 6) is 0.497. The Morgan fingerprint density at radius 3 is 1.61 bits per heavy atom. The summed E-state index contributed by atoms with van der Waals surface area (Å²) in [4.78, 5) is 0. The Labute approximate surface area is 217 Å². The summed E-state index contributed by atoms with van der Waals surface area (Å²) in [5, 5.41) is 15.1. The summed E-state index contributed by atoms with van der Waals surface area (Å²) in [6.45, 7) is 8.87. The molecular formula is C34H38OP+. The third kappa shape index (κ3) is 4.29. The zero-order valence-electron chi connectivity index (χ0n) is 22.1. The van der Waals surface area contributed by atoms with Gasteiger partial charge in [0.1, 0.15) is 28.9 Å². The molecule has 0 aliphatic heterocycles. The van der Waals surface area contributed by atoms with Crippen molar-refractivity contribution < 1.29 is 5.11 Å². The van der Waals surface area contributed by atoms with Crippen LogP contribution < -0.4 is 15.9 Å². The molecule has 0 saturated carbocycles. The van der Waals surface area contributed by atoms with E-state index in [2.05, 4.69) is 119 Å². The lowest BCUT2D eigenvalue weighted by Gasteiger charge is -2.39. The Morgan fingerprint density at radius 2 is 1.14 bits per heavy atom. The Kier molecular flexibility index (Phi) is 6.80. The summed E-state index contributed by atoms with van der Waals surface area (Å²) in [6, 6.07) is 33.8. The maximum atomic E-state index is 10.7. The van der Waals surface area contributed by atoms with Crippen LogP contribution >= 0.6 is 7.26 Å². The average Bonchev–Trinajstić information content (AvgIpc) is 2.93. The molecule has 0 spiro atoms. The minimum absolute atomic E-state index is 0.233. The van der Waals surface area contributed by atoms with Crippen LogP contribution in [0.3, 0.4) is 0 Å². The predicted octanol–water partition coefficient (Wildman–Crippen LogP) is 7.20. The summed E-state index contributed by atoms with van der Waals surface area (Å²) in [7, 11) is -1.83. The lowest BCUT2D eigenvalue weighted by atomic mass is 9.69. The van der Waals surface area contributed by atoms with Crippen LogP contribution in [0.4, 0.5) is 0 Å². The molecule has 1 aliphatic carbocycles. The van der Waals surface area contributed by atoms with Gasteiger partial charge in [-0.05, 0) is 116 Å². The molecule has 1 N–H and O–H groups in total. The molecular weight excluding hydrogens is 455 g/mol. The van der Waals surface area contributed by atoms with Crippen molar-refractivity contribution in [1.82, 2.24) is 0 Å². The van der Waals surface area contributed by atoms with Crippen LogP contribution in [-0.4, -0.2) is 11.3 Å². The molecule has 184 valence electrons. The summed E-state index contributed by atoms with van der Waals surface area (Å²) in [5.41, 5.74) is 6.54. The summed E-state index contributed by atoms with van der Waals surface area (Å²) >= 11 is 0. The van der Waals surface area contributed by atoms with Crippen molar-refractivity contribution in [3.63, 3.8) is 0 Å². The van der Waals surface area contributed by atoms with Gasteiger partial charge in [0.25, 0.3) is 0 Å². The molecule has 1 aliphatic rings. The number of hydrogen-bond acceptors (Lipinski definition) is 1. The Hall–Kier alpha value is -2.89. The average molecular weight is 494 g/mol. The lowest BCUT2D eigenvalue weighted by molar-refractivity contribution is 0.268.